The lowest BCUT2D eigenvalue weighted by atomic mass is 10.1. The lowest BCUT2D eigenvalue weighted by Gasteiger charge is -2.25. The van der Waals surface area contributed by atoms with E-state index in [4.69, 9.17) is 0 Å². The van der Waals surface area contributed by atoms with Crippen LogP contribution in [0.15, 0.2) is 21.5 Å². The third kappa shape index (κ3) is 3.49. The molecule has 1 unspecified atom stereocenters. The fourth-order valence-corrected chi connectivity index (χ4v) is 4.08. The van der Waals surface area contributed by atoms with Gasteiger partial charge in [-0.3, -0.25) is 4.79 Å². The van der Waals surface area contributed by atoms with Gasteiger partial charge in [-0.25, -0.2) is 12.8 Å². The molecule has 0 spiro atoms. The monoisotopic (exact) mass is 392 g/mol. The van der Waals surface area contributed by atoms with Gasteiger partial charge in [0.2, 0.25) is 0 Å². The second-order valence-electron chi connectivity index (χ2n) is 5.39. The molecule has 22 heavy (non-hydrogen) atoms. The van der Waals surface area contributed by atoms with Crippen LogP contribution in [0.2, 0.25) is 0 Å². The normalized spacial score (nSPS) is 18.7. The van der Waals surface area contributed by atoms with Crippen LogP contribution in [0, 0.1) is 5.82 Å². The van der Waals surface area contributed by atoms with Crippen LogP contribution < -0.4 is 5.32 Å². The van der Waals surface area contributed by atoms with E-state index in [-0.39, 0.29) is 11.6 Å². The molecule has 1 N–H and O–H groups in total. The molecule has 8 heteroatoms. The van der Waals surface area contributed by atoms with Crippen LogP contribution in [0.3, 0.4) is 0 Å². The van der Waals surface area contributed by atoms with Gasteiger partial charge in [-0.1, -0.05) is 15.9 Å². The number of likely N-dealkylation sites (N-methyl/N-ethyl adjacent to an activating group) is 1. The van der Waals surface area contributed by atoms with E-state index in [0.29, 0.717) is 17.6 Å². The minimum absolute atomic E-state index is 0.00225. The molecule has 0 aromatic heterocycles. The van der Waals surface area contributed by atoms with E-state index >= 15 is 0 Å². The van der Waals surface area contributed by atoms with Crippen molar-refractivity contribution >= 4 is 31.7 Å². The van der Waals surface area contributed by atoms with Crippen molar-refractivity contribution in [1.82, 2.24) is 10.2 Å². The molecule has 0 aliphatic carbocycles. The van der Waals surface area contributed by atoms with Crippen molar-refractivity contribution in [3.8, 4) is 0 Å². The van der Waals surface area contributed by atoms with Gasteiger partial charge < -0.3 is 10.2 Å². The molecule has 1 saturated heterocycles. The summed E-state index contributed by atoms with van der Waals surface area (Å²) >= 11 is 3.15. The Bertz CT molecular complexity index is 694. The number of likely N-dealkylation sites (tertiary alicyclic amines) is 1. The Balaban J connectivity index is 2.44. The molecule has 1 atom stereocenters. The number of carbonyl (C=O) groups is 1. The van der Waals surface area contributed by atoms with E-state index in [1.165, 1.54) is 12.1 Å². The Kier molecular flexibility index (Phi) is 5.24. The van der Waals surface area contributed by atoms with Crippen LogP contribution >= 0.6 is 15.9 Å². The first kappa shape index (κ1) is 17.4. The summed E-state index contributed by atoms with van der Waals surface area (Å²) in [6.45, 7) is 1.17. The Morgan fingerprint density at radius 2 is 2.18 bits per heavy atom. The van der Waals surface area contributed by atoms with Gasteiger partial charge >= 0.3 is 0 Å². The van der Waals surface area contributed by atoms with Crippen molar-refractivity contribution in [1.29, 1.82) is 0 Å². The average Bonchev–Trinajstić information content (AvgIpc) is 2.87. The maximum absolute atomic E-state index is 14.5. The van der Waals surface area contributed by atoms with Crippen LogP contribution in [-0.4, -0.2) is 51.7 Å². The van der Waals surface area contributed by atoms with Crippen molar-refractivity contribution in [3.05, 3.63) is 28.0 Å². The molecule has 0 bridgehead atoms. The highest BCUT2D eigenvalue weighted by molar-refractivity contribution is 9.10. The zero-order valence-corrected chi connectivity index (χ0v) is 14.8. The molecule has 1 aromatic carbocycles. The average molecular weight is 393 g/mol. The SMILES string of the molecule is CNCC1CCCN1C(=O)c1cc(Br)cc(S(C)(=O)=O)c1F. The van der Waals surface area contributed by atoms with Crippen LogP contribution in [-0.2, 0) is 9.84 Å². The van der Waals surface area contributed by atoms with Gasteiger partial charge in [-0.15, -0.1) is 0 Å². The Hall–Kier alpha value is -0.990. The van der Waals surface area contributed by atoms with Crippen LogP contribution in [0.5, 0.6) is 0 Å². The number of sulfone groups is 1. The van der Waals surface area contributed by atoms with Gasteiger partial charge in [0.05, 0.1) is 5.56 Å². The number of nitrogens with one attached hydrogen (secondary N) is 1. The van der Waals surface area contributed by atoms with Crippen LogP contribution in [0.25, 0.3) is 0 Å². The molecule has 2 rings (SSSR count). The van der Waals surface area contributed by atoms with E-state index < -0.39 is 26.5 Å². The maximum atomic E-state index is 14.5. The molecule has 5 nitrogen and oxygen atoms in total. The largest absolute Gasteiger partial charge is 0.334 e. The zero-order valence-electron chi connectivity index (χ0n) is 12.4. The van der Waals surface area contributed by atoms with Crippen molar-refractivity contribution in [2.45, 2.75) is 23.8 Å². The minimum atomic E-state index is -3.75. The predicted molar refractivity (Wildman–Crippen MR) is 85.2 cm³/mol. The summed E-state index contributed by atoms with van der Waals surface area (Å²) in [5.41, 5.74) is -0.210. The van der Waals surface area contributed by atoms with Gasteiger partial charge in [0.15, 0.2) is 15.7 Å². The fraction of sp³-hybridized carbons (Fsp3) is 0.500. The van der Waals surface area contributed by atoms with Crippen molar-refractivity contribution < 1.29 is 17.6 Å². The van der Waals surface area contributed by atoms with Crippen LogP contribution in [0.1, 0.15) is 23.2 Å². The minimum Gasteiger partial charge on any atom is -0.334 e. The van der Waals surface area contributed by atoms with Gasteiger partial charge in [-0.2, -0.15) is 0 Å². The predicted octanol–water partition coefficient (Wildman–Crippen LogP) is 1.82. The van der Waals surface area contributed by atoms with Gasteiger partial charge in [0.25, 0.3) is 5.91 Å². The smallest absolute Gasteiger partial charge is 0.257 e. The topological polar surface area (TPSA) is 66.5 Å². The number of rotatable bonds is 4. The molecule has 1 heterocycles. The highest BCUT2D eigenvalue weighted by atomic mass is 79.9. The van der Waals surface area contributed by atoms with Gasteiger partial charge in [-0.05, 0) is 32.0 Å². The number of halogens is 2. The molecule has 0 radical (unpaired) electrons. The molecular formula is C14H18BrFN2O3S. The molecule has 0 saturated carbocycles. The molecular weight excluding hydrogens is 375 g/mol. The van der Waals surface area contributed by atoms with Gasteiger partial charge in [0.1, 0.15) is 4.90 Å². The van der Waals surface area contributed by atoms with E-state index in [1.54, 1.807) is 11.9 Å². The van der Waals surface area contributed by atoms with E-state index in [0.717, 1.165) is 19.1 Å². The molecule has 1 fully saturated rings. The maximum Gasteiger partial charge on any atom is 0.257 e. The highest BCUT2D eigenvalue weighted by Gasteiger charge is 2.32. The summed E-state index contributed by atoms with van der Waals surface area (Å²) in [5.74, 6) is -1.45. The molecule has 1 amide bonds. The van der Waals surface area contributed by atoms with Crippen molar-refractivity contribution in [2.24, 2.45) is 0 Å². The Labute approximate surface area is 137 Å². The van der Waals surface area contributed by atoms with Gasteiger partial charge in [0, 0.05) is 29.9 Å². The number of hydrogen-bond donors (Lipinski definition) is 1. The number of hydrogen-bond acceptors (Lipinski definition) is 4. The molecule has 1 aromatic rings. The van der Waals surface area contributed by atoms with E-state index in [2.05, 4.69) is 21.2 Å². The number of carbonyl (C=O) groups excluding carboxylic acids is 1. The summed E-state index contributed by atoms with van der Waals surface area (Å²) in [7, 11) is -1.95. The number of nitrogens with zero attached hydrogens (tertiary/aromatic N) is 1. The second kappa shape index (κ2) is 6.64. The lowest BCUT2D eigenvalue weighted by Crippen LogP contribution is -2.41. The quantitative estimate of drug-likeness (QED) is 0.848. The van der Waals surface area contributed by atoms with Crippen molar-refractivity contribution in [3.63, 3.8) is 0 Å². The van der Waals surface area contributed by atoms with E-state index in [1.807, 2.05) is 0 Å². The molecule has 1 aliphatic rings. The molecule has 122 valence electrons. The van der Waals surface area contributed by atoms with Crippen LogP contribution in [0.4, 0.5) is 4.39 Å². The first-order valence-corrected chi connectivity index (χ1v) is 9.58. The summed E-state index contributed by atoms with van der Waals surface area (Å²) in [4.78, 5) is 13.8. The summed E-state index contributed by atoms with van der Waals surface area (Å²) in [6, 6.07) is 2.51. The Morgan fingerprint density at radius 3 is 2.77 bits per heavy atom. The first-order chi connectivity index (χ1) is 10.3. The number of amides is 1. The fourth-order valence-electron chi connectivity index (χ4n) is 2.70. The highest BCUT2D eigenvalue weighted by Crippen LogP contribution is 2.27. The van der Waals surface area contributed by atoms with E-state index in [9.17, 15) is 17.6 Å². The third-order valence-corrected chi connectivity index (χ3v) is 5.27. The third-order valence-electron chi connectivity index (χ3n) is 3.71. The summed E-state index contributed by atoms with van der Waals surface area (Å²) in [6.07, 6.45) is 2.62. The number of benzene rings is 1. The van der Waals surface area contributed by atoms with Crippen molar-refractivity contribution in [2.75, 3.05) is 26.4 Å². The Morgan fingerprint density at radius 1 is 1.50 bits per heavy atom. The molecule has 1 aliphatic heterocycles. The summed E-state index contributed by atoms with van der Waals surface area (Å²) in [5, 5.41) is 3.01. The summed E-state index contributed by atoms with van der Waals surface area (Å²) < 4.78 is 38.2. The first-order valence-electron chi connectivity index (χ1n) is 6.90. The zero-order chi connectivity index (χ0) is 16.5. The second-order valence-corrected chi connectivity index (χ2v) is 8.29. The lowest BCUT2D eigenvalue weighted by molar-refractivity contribution is 0.0731. The standard InChI is InChI=1S/C14H18BrFN2O3S/c1-17-8-10-4-3-5-18(10)14(19)11-6-9(15)7-12(13(11)16)22(2,20)21/h6-7,10,17H,3-5,8H2,1-2H3.